The molecule has 0 aliphatic carbocycles. The van der Waals surface area contributed by atoms with Crippen molar-refractivity contribution < 1.29 is 14.3 Å². The van der Waals surface area contributed by atoms with Crippen molar-refractivity contribution in [2.24, 2.45) is 5.41 Å². The summed E-state index contributed by atoms with van der Waals surface area (Å²) in [5.41, 5.74) is 2.80. The molecule has 1 saturated heterocycles. The van der Waals surface area contributed by atoms with Gasteiger partial charge in [0.15, 0.2) is 0 Å². The third kappa shape index (κ3) is 4.66. The van der Waals surface area contributed by atoms with E-state index < -0.39 is 5.41 Å². The Morgan fingerprint density at radius 2 is 1.87 bits per heavy atom. The summed E-state index contributed by atoms with van der Waals surface area (Å²) in [4.78, 5) is 27.1. The average Bonchev–Trinajstić information content (AvgIpc) is 2.78. The van der Waals surface area contributed by atoms with Gasteiger partial charge < -0.3 is 19.3 Å². The van der Waals surface area contributed by atoms with Gasteiger partial charge in [-0.2, -0.15) is 0 Å². The van der Waals surface area contributed by atoms with Gasteiger partial charge in [0.2, 0.25) is 5.91 Å². The van der Waals surface area contributed by atoms with E-state index in [9.17, 15) is 4.79 Å². The summed E-state index contributed by atoms with van der Waals surface area (Å²) in [7, 11) is 1.69. The Balaban J connectivity index is 1.70. The molecule has 3 heterocycles. The molecule has 0 atom stereocenters. The fraction of sp³-hybridized carbons (Fsp3) is 0.542. The van der Waals surface area contributed by atoms with E-state index >= 15 is 0 Å². The van der Waals surface area contributed by atoms with Crippen LogP contribution in [0.5, 0.6) is 5.75 Å². The van der Waals surface area contributed by atoms with Gasteiger partial charge >= 0.3 is 0 Å². The van der Waals surface area contributed by atoms with E-state index in [2.05, 4.69) is 11.0 Å². The molecular formula is C24H32N4O3. The Labute approximate surface area is 184 Å². The molecule has 0 N–H and O–H groups in total. The molecular weight excluding hydrogens is 392 g/mol. The summed E-state index contributed by atoms with van der Waals surface area (Å²) in [6, 6.07) is 8.00. The lowest BCUT2D eigenvalue weighted by atomic mass is 9.93. The van der Waals surface area contributed by atoms with Crippen LogP contribution in [0.1, 0.15) is 43.4 Å². The predicted octanol–water partition coefficient (Wildman–Crippen LogP) is 2.84. The number of aromatic nitrogens is 2. The zero-order chi connectivity index (χ0) is 22.0. The maximum Gasteiger partial charge on any atom is 0.228 e. The van der Waals surface area contributed by atoms with Crippen molar-refractivity contribution >= 4 is 11.7 Å². The summed E-state index contributed by atoms with van der Waals surface area (Å²) in [6.45, 7) is 10.1. The number of hydrogen-bond donors (Lipinski definition) is 0. The minimum Gasteiger partial charge on any atom is -0.496 e. The highest BCUT2D eigenvalue weighted by Gasteiger charge is 2.33. The molecule has 4 rings (SSSR count). The lowest BCUT2D eigenvalue weighted by Gasteiger charge is -2.36. The van der Waals surface area contributed by atoms with Crippen LogP contribution in [0.3, 0.4) is 0 Å². The Bertz CT molecular complexity index is 948. The molecule has 1 aromatic heterocycles. The number of carbonyl (C=O) groups excluding carboxylic acids is 1. The first-order valence-corrected chi connectivity index (χ1v) is 11.0. The topological polar surface area (TPSA) is 67.8 Å². The largest absolute Gasteiger partial charge is 0.496 e. The summed E-state index contributed by atoms with van der Waals surface area (Å²) < 4.78 is 11.1. The molecule has 0 spiro atoms. The maximum atomic E-state index is 12.9. The van der Waals surface area contributed by atoms with E-state index in [-0.39, 0.29) is 5.91 Å². The number of nitrogens with zero attached hydrogens (tertiary/aromatic N) is 4. The van der Waals surface area contributed by atoms with Crippen molar-refractivity contribution in [3.8, 4) is 5.75 Å². The molecule has 2 aliphatic rings. The van der Waals surface area contributed by atoms with Crippen molar-refractivity contribution in [3.05, 3.63) is 46.9 Å². The fourth-order valence-electron chi connectivity index (χ4n) is 4.23. The van der Waals surface area contributed by atoms with Crippen LogP contribution in [-0.4, -0.2) is 60.7 Å². The zero-order valence-electron chi connectivity index (χ0n) is 19.0. The third-order valence-electron chi connectivity index (χ3n) is 5.87. The molecule has 2 aliphatic heterocycles. The van der Waals surface area contributed by atoms with Gasteiger partial charge in [-0.1, -0.05) is 39.0 Å². The third-order valence-corrected chi connectivity index (χ3v) is 5.87. The fourth-order valence-corrected chi connectivity index (χ4v) is 4.23. The molecule has 7 nitrogen and oxygen atoms in total. The summed E-state index contributed by atoms with van der Waals surface area (Å²) in [5.74, 6) is 2.76. The second-order valence-corrected chi connectivity index (χ2v) is 9.20. The number of fused-ring (bicyclic) bond motifs is 1. The number of anilines is 1. The minimum absolute atomic E-state index is 0.171. The Morgan fingerprint density at radius 3 is 2.58 bits per heavy atom. The number of para-hydroxylation sites is 1. The van der Waals surface area contributed by atoms with Crippen LogP contribution in [0.25, 0.3) is 0 Å². The van der Waals surface area contributed by atoms with E-state index in [0.717, 1.165) is 53.7 Å². The highest BCUT2D eigenvalue weighted by atomic mass is 16.5. The first-order valence-electron chi connectivity index (χ1n) is 11.0. The molecule has 0 bridgehead atoms. The standard InChI is InChI=1S/C24H32N4O3/c1-24(2,3)23(29)28-10-9-19-18(16-28)22(27-11-13-31-14-12-27)26-21(25-19)15-17-7-5-6-8-20(17)30-4/h5-8H,9-16H2,1-4H3. The first-order chi connectivity index (χ1) is 14.9. The van der Waals surface area contributed by atoms with Crippen LogP contribution in [0.4, 0.5) is 5.82 Å². The van der Waals surface area contributed by atoms with Gasteiger partial charge in [-0.05, 0) is 6.07 Å². The summed E-state index contributed by atoms with van der Waals surface area (Å²) >= 11 is 0. The SMILES string of the molecule is COc1ccccc1Cc1nc2c(c(N3CCOCC3)n1)CN(C(=O)C(C)(C)C)CC2. The zero-order valence-corrected chi connectivity index (χ0v) is 19.0. The number of methoxy groups -OCH3 is 1. The van der Waals surface area contributed by atoms with Gasteiger partial charge in [0.05, 0.1) is 32.6 Å². The number of amides is 1. The first kappa shape index (κ1) is 21.6. The van der Waals surface area contributed by atoms with Crippen LogP contribution in [-0.2, 0) is 28.9 Å². The maximum absolute atomic E-state index is 12.9. The molecule has 1 amide bonds. The van der Waals surface area contributed by atoms with E-state index in [1.165, 1.54) is 0 Å². The molecule has 7 heteroatoms. The average molecular weight is 425 g/mol. The normalized spacial score (nSPS) is 16.8. The van der Waals surface area contributed by atoms with E-state index in [1.807, 2.05) is 43.9 Å². The van der Waals surface area contributed by atoms with Crippen molar-refractivity contribution in [2.75, 3.05) is 44.9 Å². The molecule has 0 unspecified atom stereocenters. The van der Waals surface area contributed by atoms with E-state index in [0.29, 0.717) is 32.7 Å². The molecule has 1 aromatic carbocycles. The number of ether oxygens (including phenoxy) is 2. The van der Waals surface area contributed by atoms with Crippen LogP contribution >= 0.6 is 0 Å². The van der Waals surface area contributed by atoms with Crippen molar-refractivity contribution in [1.29, 1.82) is 0 Å². The number of carbonyl (C=O) groups is 1. The molecule has 0 radical (unpaired) electrons. The van der Waals surface area contributed by atoms with Gasteiger partial charge in [-0.25, -0.2) is 9.97 Å². The second-order valence-electron chi connectivity index (χ2n) is 9.20. The van der Waals surface area contributed by atoms with Crippen molar-refractivity contribution in [2.45, 2.75) is 40.2 Å². The number of rotatable bonds is 4. The van der Waals surface area contributed by atoms with Gasteiger partial charge in [-0.15, -0.1) is 0 Å². The van der Waals surface area contributed by atoms with Gasteiger partial charge in [0, 0.05) is 49.0 Å². The lowest BCUT2D eigenvalue weighted by Crippen LogP contribution is -2.44. The molecule has 166 valence electrons. The predicted molar refractivity (Wildman–Crippen MR) is 119 cm³/mol. The van der Waals surface area contributed by atoms with Crippen LogP contribution in [0.2, 0.25) is 0 Å². The number of hydrogen-bond acceptors (Lipinski definition) is 6. The quantitative estimate of drug-likeness (QED) is 0.752. The summed E-state index contributed by atoms with van der Waals surface area (Å²) in [6.07, 6.45) is 1.36. The van der Waals surface area contributed by atoms with Crippen LogP contribution in [0, 0.1) is 5.41 Å². The highest BCUT2D eigenvalue weighted by Crippen LogP contribution is 2.31. The van der Waals surface area contributed by atoms with Crippen LogP contribution in [0.15, 0.2) is 24.3 Å². The van der Waals surface area contributed by atoms with Gasteiger partial charge in [0.1, 0.15) is 17.4 Å². The van der Waals surface area contributed by atoms with E-state index in [1.54, 1.807) is 7.11 Å². The van der Waals surface area contributed by atoms with E-state index in [4.69, 9.17) is 19.4 Å². The van der Waals surface area contributed by atoms with Crippen LogP contribution < -0.4 is 9.64 Å². The minimum atomic E-state index is -0.401. The Kier molecular flexibility index (Phi) is 6.14. The molecule has 1 fully saturated rings. The van der Waals surface area contributed by atoms with Gasteiger partial charge in [-0.3, -0.25) is 4.79 Å². The monoisotopic (exact) mass is 424 g/mol. The second kappa shape index (κ2) is 8.83. The highest BCUT2D eigenvalue weighted by molar-refractivity contribution is 5.82. The lowest BCUT2D eigenvalue weighted by molar-refractivity contribution is -0.140. The van der Waals surface area contributed by atoms with Gasteiger partial charge in [0.25, 0.3) is 0 Å². The molecule has 0 saturated carbocycles. The Morgan fingerprint density at radius 1 is 1.13 bits per heavy atom. The Hall–Kier alpha value is -2.67. The number of morpholine rings is 1. The van der Waals surface area contributed by atoms with Crippen molar-refractivity contribution in [1.82, 2.24) is 14.9 Å². The molecule has 2 aromatic rings. The molecule has 31 heavy (non-hydrogen) atoms. The summed E-state index contributed by atoms with van der Waals surface area (Å²) in [5, 5.41) is 0. The van der Waals surface area contributed by atoms with Crippen molar-refractivity contribution in [3.63, 3.8) is 0 Å². The smallest absolute Gasteiger partial charge is 0.228 e. The number of benzene rings is 1.